The van der Waals surface area contributed by atoms with Crippen molar-refractivity contribution in [3.63, 3.8) is 0 Å². The van der Waals surface area contributed by atoms with Gasteiger partial charge in [-0.15, -0.1) is 0 Å². The first-order valence-corrected chi connectivity index (χ1v) is 39.8. The summed E-state index contributed by atoms with van der Waals surface area (Å²) in [5.41, 5.74) is 0. The molecule has 534 valence electrons. The SMILES string of the molecule is CCCCCCCCCCCCCCCCCCCC(=O)O[C@H](COC(=O)CCCCCCCCCCC(C)C)COP(=O)(O)OC[C@@H](O)COP(=O)(O)OC[C@@H](COC(=O)CCCCCCCCCCC(C)C)OC(=O)CCCCCCCCCCC(C)C. The number of carbonyl (C=O) groups excluding carboxylic acids is 4. The van der Waals surface area contributed by atoms with E-state index in [2.05, 4.69) is 48.5 Å². The molecule has 5 atom stereocenters. The molecule has 2 unspecified atom stereocenters. The maximum atomic E-state index is 13.0. The maximum absolute atomic E-state index is 13.0. The molecule has 0 saturated carbocycles. The molecule has 17 nitrogen and oxygen atoms in total. The fourth-order valence-electron chi connectivity index (χ4n) is 10.7. The molecule has 0 amide bonds. The van der Waals surface area contributed by atoms with Crippen molar-refractivity contribution in [2.24, 2.45) is 17.8 Å². The molecule has 0 aromatic carbocycles. The Balaban J connectivity index is 5.23. The summed E-state index contributed by atoms with van der Waals surface area (Å²) in [4.78, 5) is 72.6. The number of carbonyl (C=O) groups is 4. The minimum Gasteiger partial charge on any atom is -0.462 e. The maximum Gasteiger partial charge on any atom is 0.472 e. The molecular weight excluding hydrogens is 1190 g/mol. The Bertz CT molecular complexity index is 1770. The zero-order valence-corrected chi connectivity index (χ0v) is 60.4. The van der Waals surface area contributed by atoms with E-state index in [-0.39, 0.29) is 25.7 Å². The van der Waals surface area contributed by atoms with Crippen molar-refractivity contribution in [3.8, 4) is 0 Å². The number of phosphoric acid groups is 2. The minimum atomic E-state index is -4.95. The molecule has 3 N–H and O–H groups in total. The van der Waals surface area contributed by atoms with Crippen LogP contribution in [-0.2, 0) is 65.4 Å². The molecule has 90 heavy (non-hydrogen) atoms. The van der Waals surface area contributed by atoms with Crippen molar-refractivity contribution in [1.29, 1.82) is 0 Å². The van der Waals surface area contributed by atoms with E-state index in [1.54, 1.807) is 0 Å². The van der Waals surface area contributed by atoms with Crippen molar-refractivity contribution in [2.75, 3.05) is 39.6 Å². The van der Waals surface area contributed by atoms with E-state index in [0.29, 0.717) is 25.7 Å². The van der Waals surface area contributed by atoms with Crippen LogP contribution in [0.1, 0.15) is 357 Å². The quantitative estimate of drug-likeness (QED) is 0.0222. The van der Waals surface area contributed by atoms with Crippen LogP contribution in [0.5, 0.6) is 0 Å². The molecule has 0 aliphatic carbocycles. The van der Waals surface area contributed by atoms with Crippen LogP contribution in [0, 0.1) is 17.8 Å². The number of aliphatic hydroxyl groups is 1. The number of ether oxygens (including phenoxy) is 4. The largest absolute Gasteiger partial charge is 0.472 e. The van der Waals surface area contributed by atoms with Gasteiger partial charge in [0.25, 0.3) is 0 Å². The van der Waals surface area contributed by atoms with E-state index in [1.807, 2.05) is 0 Å². The van der Waals surface area contributed by atoms with Crippen LogP contribution in [0.3, 0.4) is 0 Å². The molecule has 0 aromatic heterocycles. The van der Waals surface area contributed by atoms with Gasteiger partial charge in [-0.1, -0.05) is 305 Å². The van der Waals surface area contributed by atoms with Crippen LogP contribution >= 0.6 is 15.6 Å². The number of hydrogen-bond acceptors (Lipinski definition) is 15. The van der Waals surface area contributed by atoms with Gasteiger partial charge in [-0.2, -0.15) is 0 Å². The van der Waals surface area contributed by atoms with Gasteiger partial charge in [0.15, 0.2) is 12.2 Å². The Morgan fingerprint density at radius 3 is 0.756 bits per heavy atom. The van der Waals surface area contributed by atoms with E-state index in [1.165, 1.54) is 167 Å². The highest BCUT2D eigenvalue weighted by Gasteiger charge is 2.30. The van der Waals surface area contributed by atoms with Gasteiger partial charge in [0.1, 0.15) is 19.3 Å². The van der Waals surface area contributed by atoms with Crippen molar-refractivity contribution < 1.29 is 80.2 Å². The molecule has 0 rings (SSSR count). The molecule has 0 aliphatic heterocycles. The normalized spacial score (nSPS) is 14.2. The molecule has 0 aliphatic rings. The number of unbranched alkanes of at least 4 members (excludes halogenated alkanes) is 37. The highest BCUT2D eigenvalue weighted by molar-refractivity contribution is 7.47. The number of rotatable bonds is 69. The third-order valence-corrected chi connectivity index (χ3v) is 18.3. The second kappa shape index (κ2) is 61.9. The fourth-order valence-corrected chi connectivity index (χ4v) is 12.3. The van der Waals surface area contributed by atoms with Crippen LogP contribution < -0.4 is 0 Å². The Kier molecular flexibility index (Phi) is 60.6. The van der Waals surface area contributed by atoms with Gasteiger partial charge < -0.3 is 33.8 Å². The number of phosphoric ester groups is 2. The van der Waals surface area contributed by atoms with Gasteiger partial charge in [0.05, 0.1) is 26.4 Å². The summed E-state index contributed by atoms with van der Waals surface area (Å²) in [5.74, 6) is 0.0435. The van der Waals surface area contributed by atoms with Gasteiger partial charge in [0.2, 0.25) is 0 Å². The summed E-state index contributed by atoms with van der Waals surface area (Å²) < 4.78 is 68.3. The Morgan fingerprint density at radius 1 is 0.300 bits per heavy atom. The van der Waals surface area contributed by atoms with Gasteiger partial charge in [-0.25, -0.2) is 9.13 Å². The molecular formula is C71H138O17P2. The first-order chi connectivity index (χ1) is 43.2. The van der Waals surface area contributed by atoms with Gasteiger partial charge >= 0.3 is 39.5 Å². The predicted octanol–water partition coefficient (Wildman–Crippen LogP) is 20.2. The van der Waals surface area contributed by atoms with Crippen LogP contribution in [0.4, 0.5) is 0 Å². The van der Waals surface area contributed by atoms with E-state index >= 15 is 0 Å². The Morgan fingerprint density at radius 2 is 0.511 bits per heavy atom. The van der Waals surface area contributed by atoms with E-state index in [9.17, 15) is 43.2 Å². The number of aliphatic hydroxyl groups excluding tert-OH is 1. The second-order valence-corrected chi connectivity index (χ2v) is 30.0. The van der Waals surface area contributed by atoms with Crippen molar-refractivity contribution in [1.82, 2.24) is 0 Å². The average Bonchev–Trinajstić information content (AvgIpc) is 2.74. The topological polar surface area (TPSA) is 237 Å². The molecule has 0 radical (unpaired) electrons. The molecule has 0 heterocycles. The second-order valence-electron chi connectivity index (χ2n) is 27.1. The molecule has 0 aromatic rings. The Hall–Kier alpha value is -1.94. The van der Waals surface area contributed by atoms with E-state index < -0.39 is 97.5 Å². The minimum absolute atomic E-state index is 0.104. The lowest BCUT2D eigenvalue weighted by molar-refractivity contribution is -0.161. The molecule has 0 fully saturated rings. The smallest absolute Gasteiger partial charge is 0.462 e. The van der Waals surface area contributed by atoms with Crippen LogP contribution in [0.25, 0.3) is 0 Å². The third-order valence-electron chi connectivity index (χ3n) is 16.4. The van der Waals surface area contributed by atoms with Crippen molar-refractivity contribution in [2.45, 2.75) is 375 Å². The molecule has 0 saturated heterocycles. The zero-order valence-electron chi connectivity index (χ0n) is 58.6. The molecule has 0 bridgehead atoms. The number of esters is 4. The highest BCUT2D eigenvalue weighted by atomic mass is 31.2. The predicted molar refractivity (Wildman–Crippen MR) is 363 cm³/mol. The van der Waals surface area contributed by atoms with Crippen molar-refractivity contribution in [3.05, 3.63) is 0 Å². The summed E-state index contributed by atoms with van der Waals surface area (Å²) in [6, 6.07) is 0. The standard InChI is InChI=1S/C71H138O17P2/c1-8-9-10-11-12-13-14-15-16-17-18-19-20-21-33-40-47-54-70(75)87-66(58-81-68(73)52-45-38-31-25-22-28-35-42-49-62(2)3)60-85-89(77,78)83-56-65(72)57-84-90(79,80)86-61-67(88-71(76)55-48-41-34-27-24-30-37-44-51-64(6)7)59-82-69(74)53-46-39-32-26-23-29-36-43-50-63(4)5/h62-67,72H,8-61H2,1-7H3,(H,77,78)(H,79,80)/t65-,66-,67-/m1/s1. The zero-order chi connectivity index (χ0) is 66.6. The van der Waals surface area contributed by atoms with E-state index in [4.69, 9.17) is 37.0 Å². The summed E-state index contributed by atoms with van der Waals surface area (Å²) in [6.07, 6.45) is 46.0. The number of hydrogen-bond donors (Lipinski definition) is 3. The monoisotopic (exact) mass is 1320 g/mol. The molecule has 0 spiro atoms. The van der Waals surface area contributed by atoms with Crippen LogP contribution in [-0.4, -0.2) is 96.7 Å². The third kappa shape index (κ3) is 64.8. The first kappa shape index (κ1) is 88.1. The van der Waals surface area contributed by atoms with Crippen LogP contribution in [0.2, 0.25) is 0 Å². The summed E-state index contributed by atoms with van der Waals surface area (Å²) >= 11 is 0. The summed E-state index contributed by atoms with van der Waals surface area (Å²) in [7, 11) is -9.90. The highest BCUT2D eigenvalue weighted by Crippen LogP contribution is 2.45. The molecule has 19 heteroatoms. The van der Waals surface area contributed by atoms with Gasteiger partial charge in [0, 0.05) is 25.7 Å². The van der Waals surface area contributed by atoms with E-state index in [0.717, 1.165) is 108 Å². The lowest BCUT2D eigenvalue weighted by atomic mass is 10.0. The van der Waals surface area contributed by atoms with Crippen molar-refractivity contribution >= 4 is 39.5 Å². The Labute approximate surface area is 549 Å². The summed E-state index contributed by atoms with van der Waals surface area (Å²) in [5, 5.41) is 10.6. The van der Waals surface area contributed by atoms with Gasteiger partial charge in [-0.05, 0) is 43.4 Å². The van der Waals surface area contributed by atoms with Gasteiger partial charge in [-0.3, -0.25) is 37.3 Å². The lowest BCUT2D eigenvalue weighted by Gasteiger charge is -2.21. The first-order valence-electron chi connectivity index (χ1n) is 36.8. The lowest BCUT2D eigenvalue weighted by Crippen LogP contribution is -2.30. The fraction of sp³-hybridized carbons (Fsp3) is 0.944. The summed E-state index contributed by atoms with van der Waals surface area (Å²) in [6.45, 7) is 11.7. The average molecular weight is 1330 g/mol. The van der Waals surface area contributed by atoms with Crippen LogP contribution in [0.15, 0.2) is 0 Å².